The van der Waals surface area contributed by atoms with Gasteiger partial charge < -0.3 is 15.5 Å². The molecule has 0 radical (unpaired) electrons. The van der Waals surface area contributed by atoms with Crippen LogP contribution in [0.5, 0.6) is 0 Å². The molecule has 2 fully saturated rings. The number of aliphatic imine (C=N–C) groups is 1. The van der Waals surface area contributed by atoms with E-state index in [4.69, 9.17) is 4.99 Å². The van der Waals surface area contributed by atoms with Crippen molar-refractivity contribution in [3.8, 4) is 0 Å². The third kappa shape index (κ3) is 5.24. The fourth-order valence-electron chi connectivity index (χ4n) is 3.95. The third-order valence-electron chi connectivity index (χ3n) is 5.70. The number of hydrogen-bond donors (Lipinski definition) is 2. The molecule has 0 unspecified atom stereocenters. The van der Waals surface area contributed by atoms with Gasteiger partial charge in [-0.2, -0.15) is 0 Å². The van der Waals surface area contributed by atoms with Crippen LogP contribution in [0.2, 0.25) is 0 Å². The Balaban J connectivity index is 1.53. The summed E-state index contributed by atoms with van der Waals surface area (Å²) >= 11 is 3.60. The van der Waals surface area contributed by atoms with Gasteiger partial charge in [-0.1, -0.05) is 34.5 Å². The zero-order valence-electron chi connectivity index (χ0n) is 16.3. The van der Waals surface area contributed by atoms with Crippen LogP contribution in [0, 0.1) is 0 Å². The van der Waals surface area contributed by atoms with E-state index in [0.717, 1.165) is 62.4 Å². The molecule has 3 rings (SSSR count). The summed E-state index contributed by atoms with van der Waals surface area (Å²) in [7, 11) is 0. The topological polar surface area (TPSA) is 56.7 Å². The molecule has 1 heterocycles. The molecule has 5 nitrogen and oxygen atoms in total. The summed E-state index contributed by atoms with van der Waals surface area (Å²) in [5.41, 5.74) is 1.56. The van der Waals surface area contributed by atoms with Crippen LogP contribution in [0.25, 0.3) is 0 Å². The third-order valence-corrected chi connectivity index (χ3v) is 6.19. The molecule has 1 saturated carbocycles. The number of nitrogens with one attached hydrogen (secondary N) is 2. The summed E-state index contributed by atoms with van der Waals surface area (Å²) in [4.78, 5) is 18.6. The van der Waals surface area contributed by atoms with Gasteiger partial charge in [-0.3, -0.25) is 9.79 Å². The highest BCUT2D eigenvalue weighted by molar-refractivity contribution is 9.10. The molecule has 27 heavy (non-hydrogen) atoms. The van der Waals surface area contributed by atoms with Gasteiger partial charge in [-0.15, -0.1) is 0 Å². The number of hydrogen-bond acceptors (Lipinski definition) is 2. The lowest BCUT2D eigenvalue weighted by atomic mass is 9.64. The molecule has 6 heteroatoms. The number of likely N-dealkylation sites (tertiary alicyclic amines) is 1. The van der Waals surface area contributed by atoms with Gasteiger partial charge >= 0.3 is 0 Å². The van der Waals surface area contributed by atoms with Gasteiger partial charge in [0.05, 0.1) is 6.54 Å². The molecule has 1 aliphatic carbocycles. The molecule has 1 saturated heterocycles. The molecule has 148 valence electrons. The van der Waals surface area contributed by atoms with Gasteiger partial charge in [-0.05, 0) is 50.3 Å². The summed E-state index contributed by atoms with van der Waals surface area (Å²) in [6.07, 6.45) is 6.35. The minimum Gasteiger partial charge on any atom is -0.357 e. The average molecular weight is 435 g/mol. The Morgan fingerprint density at radius 2 is 2.15 bits per heavy atom. The van der Waals surface area contributed by atoms with Crippen molar-refractivity contribution >= 4 is 27.8 Å². The van der Waals surface area contributed by atoms with Gasteiger partial charge in [0.25, 0.3) is 0 Å². The zero-order chi connectivity index (χ0) is 19.1. The van der Waals surface area contributed by atoms with E-state index in [1.165, 1.54) is 24.8 Å². The highest BCUT2D eigenvalue weighted by Gasteiger charge is 2.38. The maximum Gasteiger partial charge on any atom is 0.222 e. The molecule has 1 aromatic rings. The van der Waals surface area contributed by atoms with Crippen LogP contribution in [0.1, 0.15) is 51.0 Å². The van der Waals surface area contributed by atoms with E-state index in [9.17, 15) is 4.79 Å². The second-order valence-corrected chi connectivity index (χ2v) is 8.52. The standard InChI is InChI=1S/C21H31BrN4O/c1-2-23-20(24-12-6-14-26-13-4-9-19(26)27)25-16-21(10-5-11-21)17-7-3-8-18(22)15-17/h3,7-8,15H,2,4-6,9-14,16H2,1H3,(H2,23,24,25). The number of carbonyl (C=O) groups is 1. The monoisotopic (exact) mass is 434 g/mol. The van der Waals surface area contributed by atoms with Crippen molar-refractivity contribution in [2.45, 2.75) is 50.9 Å². The van der Waals surface area contributed by atoms with Crippen molar-refractivity contribution in [2.75, 3.05) is 32.7 Å². The second-order valence-electron chi connectivity index (χ2n) is 7.60. The largest absolute Gasteiger partial charge is 0.357 e. The van der Waals surface area contributed by atoms with Gasteiger partial charge in [0.1, 0.15) is 0 Å². The molecule has 1 aliphatic heterocycles. The first kappa shape index (κ1) is 20.2. The van der Waals surface area contributed by atoms with E-state index in [2.05, 4.69) is 57.8 Å². The smallest absolute Gasteiger partial charge is 0.222 e. The first-order chi connectivity index (χ1) is 13.1. The summed E-state index contributed by atoms with van der Waals surface area (Å²) in [6.45, 7) is 6.34. The number of benzene rings is 1. The zero-order valence-corrected chi connectivity index (χ0v) is 17.9. The van der Waals surface area contributed by atoms with Gasteiger partial charge in [0, 0.05) is 42.5 Å². The Morgan fingerprint density at radius 1 is 1.30 bits per heavy atom. The number of amides is 1. The summed E-state index contributed by atoms with van der Waals surface area (Å²) in [5.74, 6) is 1.18. The SMILES string of the molecule is CCNC(=NCC1(c2cccc(Br)c2)CCC1)NCCCN1CCCC1=O. The van der Waals surface area contributed by atoms with Crippen LogP contribution in [-0.4, -0.2) is 49.5 Å². The van der Waals surface area contributed by atoms with Crippen molar-refractivity contribution in [1.29, 1.82) is 0 Å². The first-order valence-corrected chi connectivity index (χ1v) is 11.0. The molecule has 0 spiro atoms. The predicted molar refractivity (Wildman–Crippen MR) is 114 cm³/mol. The van der Waals surface area contributed by atoms with Gasteiger partial charge in [0.2, 0.25) is 5.91 Å². The van der Waals surface area contributed by atoms with Crippen molar-refractivity contribution in [1.82, 2.24) is 15.5 Å². The van der Waals surface area contributed by atoms with Crippen molar-refractivity contribution in [2.24, 2.45) is 4.99 Å². The van der Waals surface area contributed by atoms with Gasteiger partial charge in [0.15, 0.2) is 5.96 Å². The number of halogens is 1. The Kier molecular flexibility index (Phi) is 7.16. The highest BCUT2D eigenvalue weighted by atomic mass is 79.9. The maximum absolute atomic E-state index is 11.7. The molecular formula is C21H31BrN4O. The first-order valence-electron chi connectivity index (χ1n) is 10.2. The van der Waals surface area contributed by atoms with Crippen molar-refractivity contribution < 1.29 is 4.79 Å². The van der Waals surface area contributed by atoms with E-state index in [-0.39, 0.29) is 5.41 Å². The maximum atomic E-state index is 11.7. The van der Waals surface area contributed by atoms with Crippen LogP contribution < -0.4 is 10.6 Å². The average Bonchev–Trinajstić information content (AvgIpc) is 3.02. The number of guanidine groups is 1. The van der Waals surface area contributed by atoms with Crippen LogP contribution in [0.4, 0.5) is 0 Å². The lowest BCUT2D eigenvalue weighted by molar-refractivity contribution is -0.127. The van der Waals surface area contributed by atoms with E-state index in [1.807, 2.05) is 4.90 Å². The Hall–Kier alpha value is -1.56. The van der Waals surface area contributed by atoms with Crippen LogP contribution >= 0.6 is 15.9 Å². The molecule has 1 amide bonds. The van der Waals surface area contributed by atoms with E-state index in [0.29, 0.717) is 5.91 Å². The summed E-state index contributed by atoms with van der Waals surface area (Å²) < 4.78 is 1.14. The minimum atomic E-state index is 0.175. The molecule has 0 aromatic heterocycles. The van der Waals surface area contributed by atoms with E-state index in [1.54, 1.807) is 0 Å². The molecule has 0 atom stereocenters. The van der Waals surface area contributed by atoms with Crippen molar-refractivity contribution in [3.63, 3.8) is 0 Å². The molecule has 0 bridgehead atoms. The number of rotatable bonds is 8. The van der Waals surface area contributed by atoms with E-state index < -0.39 is 0 Å². The fourth-order valence-corrected chi connectivity index (χ4v) is 4.35. The second kappa shape index (κ2) is 9.58. The lowest BCUT2D eigenvalue weighted by Gasteiger charge is -2.41. The van der Waals surface area contributed by atoms with Crippen LogP contribution in [0.3, 0.4) is 0 Å². The van der Waals surface area contributed by atoms with Crippen LogP contribution in [-0.2, 0) is 10.2 Å². The highest BCUT2D eigenvalue weighted by Crippen LogP contribution is 2.44. The predicted octanol–water partition coefficient (Wildman–Crippen LogP) is 3.44. The fraction of sp³-hybridized carbons (Fsp3) is 0.619. The molecule has 1 aromatic carbocycles. The van der Waals surface area contributed by atoms with E-state index >= 15 is 0 Å². The summed E-state index contributed by atoms with van der Waals surface area (Å²) in [5, 5.41) is 6.79. The Morgan fingerprint density at radius 3 is 2.78 bits per heavy atom. The Labute approximate surface area is 171 Å². The molecular weight excluding hydrogens is 404 g/mol. The minimum absolute atomic E-state index is 0.175. The van der Waals surface area contributed by atoms with Crippen LogP contribution in [0.15, 0.2) is 33.7 Å². The normalized spacial score (nSPS) is 19.1. The number of carbonyl (C=O) groups excluding carboxylic acids is 1. The van der Waals surface area contributed by atoms with Gasteiger partial charge in [-0.25, -0.2) is 0 Å². The van der Waals surface area contributed by atoms with Crippen molar-refractivity contribution in [3.05, 3.63) is 34.3 Å². The Bertz CT molecular complexity index is 672. The summed E-state index contributed by atoms with van der Waals surface area (Å²) in [6, 6.07) is 8.66. The quantitative estimate of drug-likeness (QED) is 0.374. The molecule has 2 N–H and O–H groups in total. The number of nitrogens with zero attached hydrogens (tertiary/aromatic N) is 2. The lowest BCUT2D eigenvalue weighted by Crippen LogP contribution is -2.42. The molecule has 2 aliphatic rings.